The summed E-state index contributed by atoms with van der Waals surface area (Å²) < 4.78 is 1.16. The van der Waals surface area contributed by atoms with E-state index in [-0.39, 0.29) is 5.60 Å². The van der Waals surface area contributed by atoms with Gasteiger partial charge in [-0.2, -0.15) is 0 Å². The highest BCUT2D eigenvalue weighted by Gasteiger charge is 2.59. The molecule has 6 aliphatic rings. The van der Waals surface area contributed by atoms with E-state index in [0.717, 1.165) is 60.6 Å². The molecule has 0 unspecified atom stereocenters. The van der Waals surface area contributed by atoms with Gasteiger partial charge in [-0.1, -0.05) is 28.1 Å². The Morgan fingerprint density at radius 3 is 2.36 bits per heavy atom. The molecule has 1 aromatic rings. The summed E-state index contributed by atoms with van der Waals surface area (Å²) in [4.78, 5) is 5.64. The van der Waals surface area contributed by atoms with Crippen molar-refractivity contribution in [2.24, 2.45) is 23.7 Å². The Morgan fingerprint density at radius 2 is 1.75 bits per heavy atom. The maximum absolute atomic E-state index is 11.0. The second kappa shape index (κ2) is 6.29. The summed E-state index contributed by atoms with van der Waals surface area (Å²) in [5.41, 5.74) is 1.43. The normalized spacial score (nSPS) is 45.8. The van der Waals surface area contributed by atoms with Crippen molar-refractivity contribution in [3.63, 3.8) is 0 Å². The molecular weight excluding hydrogens is 412 g/mol. The van der Waals surface area contributed by atoms with Crippen molar-refractivity contribution in [2.75, 3.05) is 13.2 Å². The first-order valence-corrected chi connectivity index (χ1v) is 12.2. The first-order valence-electron chi connectivity index (χ1n) is 11.4. The third-order valence-electron chi connectivity index (χ3n) is 8.95. The third kappa shape index (κ3) is 2.93. The Kier molecular flexibility index (Phi) is 4.12. The molecule has 152 valence electrons. The van der Waals surface area contributed by atoms with Crippen molar-refractivity contribution in [2.45, 2.75) is 75.6 Å². The zero-order valence-electron chi connectivity index (χ0n) is 17.0. The molecule has 3 nitrogen and oxygen atoms in total. The van der Waals surface area contributed by atoms with Crippen molar-refractivity contribution >= 4 is 15.9 Å². The van der Waals surface area contributed by atoms with Gasteiger partial charge in [0.05, 0.1) is 12.3 Å². The molecule has 1 aliphatic heterocycles. The molecule has 1 saturated heterocycles. The molecule has 5 aliphatic carbocycles. The Morgan fingerprint density at radius 1 is 1.07 bits per heavy atom. The van der Waals surface area contributed by atoms with Crippen molar-refractivity contribution < 1.29 is 5.11 Å². The molecule has 0 amide bonds. The lowest BCUT2D eigenvalue weighted by molar-refractivity contribution is -0.159. The van der Waals surface area contributed by atoms with Crippen molar-refractivity contribution in [1.82, 2.24) is 9.80 Å². The van der Waals surface area contributed by atoms with Gasteiger partial charge < -0.3 is 5.11 Å². The minimum Gasteiger partial charge on any atom is -0.390 e. The molecule has 4 bridgehead atoms. The first kappa shape index (κ1) is 18.4. The summed E-state index contributed by atoms with van der Waals surface area (Å²) in [7, 11) is 0. The lowest BCUT2D eigenvalue weighted by Crippen LogP contribution is -2.61. The fourth-order valence-electron chi connectivity index (χ4n) is 7.83. The smallest absolute Gasteiger partial charge is 0.0657 e. The number of hydrogen-bond acceptors (Lipinski definition) is 3. The van der Waals surface area contributed by atoms with Crippen molar-refractivity contribution in [3.8, 4) is 0 Å². The van der Waals surface area contributed by atoms with E-state index in [1.807, 2.05) is 0 Å². The Balaban J connectivity index is 1.25. The number of nitrogens with zero attached hydrogens (tertiary/aromatic N) is 2. The van der Waals surface area contributed by atoms with Crippen LogP contribution in [0.15, 0.2) is 28.7 Å². The minimum atomic E-state index is -0.316. The molecule has 5 saturated carbocycles. The van der Waals surface area contributed by atoms with E-state index < -0.39 is 0 Å². The average molecular weight is 445 g/mol. The summed E-state index contributed by atoms with van der Waals surface area (Å²) in [6, 6.07) is 9.62. The van der Waals surface area contributed by atoms with Crippen LogP contribution in [0, 0.1) is 23.7 Å². The van der Waals surface area contributed by atoms with Crippen LogP contribution in [0.25, 0.3) is 0 Å². The van der Waals surface area contributed by atoms with Gasteiger partial charge in [0.15, 0.2) is 0 Å². The first-order chi connectivity index (χ1) is 13.4. The Labute approximate surface area is 177 Å². The molecular formula is C24H33BrN2O. The minimum absolute atomic E-state index is 0.316. The molecule has 28 heavy (non-hydrogen) atoms. The fraction of sp³-hybridized carbons (Fsp3) is 0.750. The van der Waals surface area contributed by atoms with Crippen molar-refractivity contribution in [3.05, 3.63) is 34.3 Å². The fourth-order valence-corrected chi connectivity index (χ4v) is 8.09. The van der Waals surface area contributed by atoms with Crippen LogP contribution in [0.1, 0.15) is 57.4 Å². The number of hydrogen-bond donors (Lipinski definition) is 1. The van der Waals surface area contributed by atoms with Gasteiger partial charge in [0.2, 0.25) is 0 Å². The van der Waals surface area contributed by atoms with Crippen LogP contribution < -0.4 is 0 Å². The summed E-state index contributed by atoms with van der Waals surface area (Å²) >= 11 is 3.57. The molecule has 0 radical (unpaired) electrons. The second-order valence-electron chi connectivity index (χ2n) is 11.0. The topological polar surface area (TPSA) is 26.7 Å². The summed E-state index contributed by atoms with van der Waals surface area (Å²) in [5, 5.41) is 11.0. The van der Waals surface area contributed by atoms with Gasteiger partial charge in [0.25, 0.3) is 0 Å². The molecule has 6 fully saturated rings. The monoisotopic (exact) mass is 444 g/mol. The lowest BCUT2D eigenvalue weighted by Gasteiger charge is -2.60. The molecule has 3 atom stereocenters. The molecule has 1 aromatic carbocycles. The largest absolute Gasteiger partial charge is 0.390 e. The zero-order valence-corrected chi connectivity index (χ0v) is 18.6. The SMILES string of the molecule is C[C@@]1(C2CC2)CN(C2[C@@H]3CC4C[C@@H]2CC(O)(C4)C3)CN1Cc1ccc(Br)cc1. The van der Waals surface area contributed by atoms with E-state index in [0.29, 0.717) is 11.6 Å². The second-order valence-corrected chi connectivity index (χ2v) is 11.9. The number of aliphatic hydroxyl groups is 1. The van der Waals surface area contributed by atoms with Gasteiger partial charge in [-0.25, -0.2) is 0 Å². The quantitative estimate of drug-likeness (QED) is 0.732. The lowest BCUT2D eigenvalue weighted by atomic mass is 9.52. The van der Waals surface area contributed by atoms with Crippen LogP contribution in [-0.2, 0) is 6.54 Å². The van der Waals surface area contributed by atoms with Gasteiger partial charge in [0, 0.05) is 29.1 Å². The van der Waals surface area contributed by atoms with Gasteiger partial charge in [-0.15, -0.1) is 0 Å². The van der Waals surface area contributed by atoms with Crippen molar-refractivity contribution in [1.29, 1.82) is 0 Å². The van der Waals surface area contributed by atoms with Gasteiger partial charge in [0.1, 0.15) is 0 Å². The van der Waals surface area contributed by atoms with Crippen LogP contribution in [-0.4, -0.2) is 45.3 Å². The third-order valence-corrected chi connectivity index (χ3v) is 9.48. The predicted molar refractivity (Wildman–Crippen MR) is 115 cm³/mol. The molecule has 0 spiro atoms. The number of rotatable bonds is 4. The summed E-state index contributed by atoms with van der Waals surface area (Å²) in [5.74, 6) is 3.13. The van der Waals surface area contributed by atoms with Gasteiger partial charge in [-0.05, 0) is 93.2 Å². The van der Waals surface area contributed by atoms with Crippen LogP contribution in [0.2, 0.25) is 0 Å². The van der Waals surface area contributed by atoms with E-state index in [1.165, 1.54) is 37.8 Å². The van der Waals surface area contributed by atoms with E-state index in [1.54, 1.807) is 0 Å². The standard InChI is InChI=1S/C24H33BrN2O/c1-23(20-4-5-20)14-26(15-27(23)13-16-2-6-21(25)7-3-16)22-18-8-17-9-19(22)12-24(28,10-17)11-18/h2-3,6-7,17-20,22,28H,4-5,8-15H2,1H3/t17?,18-,19-,22?,23+,24?/m1/s1. The Bertz CT molecular complexity index is 746. The maximum Gasteiger partial charge on any atom is 0.0657 e. The summed E-state index contributed by atoms with van der Waals surface area (Å²) in [6.07, 6.45) is 8.75. The highest BCUT2D eigenvalue weighted by atomic mass is 79.9. The van der Waals surface area contributed by atoms with E-state index >= 15 is 0 Å². The van der Waals surface area contributed by atoms with Crippen LogP contribution >= 0.6 is 15.9 Å². The molecule has 7 rings (SSSR count). The van der Waals surface area contributed by atoms with E-state index in [9.17, 15) is 5.11 Å². The average Bonchev–Trinajstić information content (AvgIpc) is 3.42. The molecule has 4 heteroatoms. The number of halogens is 1. The zero-order chi connectivity index (χ0) is 19.1. The highest BCUT2D eigenvalue weighted by molar-refractivity contribution is 9.10. The predicted octanol–water partition coefficient (Wildman–Crippen LogP) is 4.63. The molecule has 1 N–H and O–H groups in total. The highest BCUT2D eigenvalue weighted by Crippen LogP contribution is 2.58. The van der Waals surface area contributed by atoms with Gasteiger partial charge >= 0.3 is 0 Å². The molecule has 1 heterocycles. The maximum atomic E-state index is 11.0. The van der Waals surface area contributed by atoms with E-state index in [4.69, 9.17) is 0 Å². The van der Waals surface area contributed by atoms with Crippen LogP contribution in [0.3, 0.4) is 0 Å². The Hall–Kier alpha value is -0.420. The van der Waals surface area contributed by atoms with Crippen LogP contribution in [0.5, 0.6) is 0 Å². The summed E-state index contributed by atoms with van der Waals surface area (Å²) in [6.45, 7) is 5.94. The molecule has 0 aromatic heterocycles. The van der Waals surface area contributed by atoms with Gasteiger partial charge in [-0.3, -0.25) is 9.80 Å². The van der Waals surface area contributed by atoms with E-state index in [2.05, 4.69) is 56.9 Å². The number of benzene rings is 1. The van der Waals surface area contributed by atoms with Crippen LogP contribution in [0.4, 0.5) is 0 Å².